The summed E-state index contributed by atoms with van der Waals surface area (Å²) in [4.78, 5) is 10.6. The number of carboxylic acids is 1. The highest BCUT2D eigenvalue weighted by atomic mass is 32.2. The topological polar surface area (TPSA) is 107 Å². The Morgan fingerprint density at radius 2 is 1.78 bits per heavy atom. The molecule has 118 valence electrons. The van der Waals surface area contributed by atoms with Crippen molar-refractivity contribution in [1.29, 1.82) is 5.26 Å². The van der Waals surface area contributed by atoms with E-state index in [1.807, 2.05) is 4.72 Å². The molecule has 0 aromatic heterocycles. The Kier molecular flexibility index (Phi) is 4.29. The number of nitrogens with one attached hydrogen (secondary N) is 1. The number of anilines is 1. The van der Waals surface area contributed by atoms with Crippen LogP contribution >= 0.6 is 0 Å². The third kappa shape index (κ3) is 3.27. The Bertz CT molecular complexity index is 936. The number of aromatic carboxylic acids is 1. The van der Waals surface area contributed by atoms with Crippen LogP contribution in [0.5, 0.6) is 0 Å². The lowest BCUT2D eigenvalue weighted by Gasteiger charge is -2.12. The van der Waals surface area contributed by atoms with Crippen molar-refractivity contribution >= 4 is 21.7 Å². The molecule has 2 rings (SSSR count). The molecule has 23 heavy (non-hydrogen) atoms. The highest BCUT2D eigenvalue weighted by molar-refractivity contribution is 7.92. The number of benzene rings is 2. The molecule has 0 aliphatic carbocycles. The first-order chi connectivity index (χ1) is 10.8. The molecule has 0 saturated heterocycles. The largest absolute Gasteiger partial charge is 0.478 e. The zero-order valence-electron chi connectivity index (χ0n) is 11.2. The van der Waals surface area contributed by atoms with Crippen molar-refractivity contribution in [2.24, 2.45) is 0 Å². The summed E-state index contributed by atoms with van der Waals surface area (Å²) >= 11 is 0. The molecule has 0 fully saturated rings. The molecule has 0 spiro atoms. The second-order valence-corrected chi connectivity index (χ2v) is 5.98. The summed E-state index contributed by atoms with van der Waals surface area (Å²) in [5, 5.41) is 17.9. The summed E-state index contributed by atoms with van der Waals surface area (Å²) in [6.07, 6.45) is 0. The molecule has 2 aromatic rings. The molecule has 0 bridgehead atoms. The lowest BCUT2D eigenvalue weighted by atomic mass is 10.2. The zero-order valence-corrected chi connectivity index (χ0v) is 12.1. The van der Waals surface area contributed by atoms with Gasteiger partial charge in [0, 0.05) is 6.07 Å². The predicted molar refractivity (Wildman–Crippen MR) is 75.3 cm³/mol. The van der Waals surface area contributed by atoms with Crippen LogP contribution in [0.1, 0.15) is 15.9 Å². The van der Waals surface area contributed by atoms with Crippen molar-refractivity contribution in [2.45, 2.75) is 4.90 Å². The molecule has 0 aliphatic heterocycles. The highest BCUT2D eigenvalue weighted by Crippen LogP contribution is 2.24. The maximum Gasteiger partial charge on any atom is 0.337 e. The van der Waals surface area contributed by atoms with Gasteiger partial charge >= 0.3 is 5.97 Å². The van der Waals surface area contributed by atoms with Gasteiger partial charge in [-0.1, -0.05) is 12.1 Å². The van der Waals surface area contributed by atoms with E-state index in [4.69, 9.17) is 10.4 Å². The maximum absolute atomic E-state index is 13.3. The van der Waals surface area contributed by atoms with Gasteiger partial charge in [0.15, 0.2) is 11.6 Å². The Hall–Kier alpha value is -2.99. The molecular weight excluding hydrogens is 330 g/mol. The number of hydrogen-bond acceptors (Lipinski definition) is 4. The van der Waals surface area contributed by atoms with Crippen LogP contribution in [0.4, 0.5) is 14.5 Å². The molecule has 0 saturated carbocycles. The molecule has 2 aromatic carbocycles. The van der Waals surface area contributed by atoms with Gasteiger partial charge in [-0.25, -0.2) is 22.0 Å². The van der Waals surface area contributed by atoms with Crippen molar-refractivity contribution < 1.29 is 27.1 Å². The Balaban J connectivity index is 2.56. The first kappa shape index (κ1) is 16.4. The van der Waals surface area contributed by atoms with Gasteiger partial charge in [-0.3, -0.25) is 4.72 Å². The number of sulfonamides is 1. The van der Waals surface area contributed by atoms with Gasteiger partial charge in [-0.2, -0.15) is 5.26 Å². The van der Waals surface area contributed by atoms with E-state index < -0.39 is 43.8 Å². The zero-order chi connectivity index (χ0) is 17.2. The van der Waals surface area contributed by atoms with Gasteiger partial charge in [0.05, 0.1) is 16.8 Å². The van der Waals surface area contributed by atoms with E-state index in [2.05, 4.69) is 0 Å². The summed E-state index contributed by atoms with van der Waals surface area (Å²) < 4.78 is 52.8. The predicted octanol–water partition coefficient (Wildman–Crippen LogP) is 2.34. The third-order valence-corrected chi connectivity index (χ3v) is 4.26. The summed E-state index contributed by atoms with van der Waals surface area (Å²) in [5.41, 5.74) is -1.59. The van der Waals surface area contributed by atoms with Gasteiger partial charge in [-0.05, 0) is 18.2 Å². The summed E-state index contributed by atoms with van der Waals surface area (Å²) in [5.74, 6) is -4.49. The number of halogens is 2. The molecule has 0 atom stereocenters. The average Bonchev–Trinajstić information content (AvgIpc) is 2.50. The quantitative estimate of drug-likeness (QED) is 0.890. The van der Waals surface area contributed by atoms with Crippen molar-refractivity contribution in [2.75, 3.05) is 4.72 Å². The van der Waals surface area contributed by atoms with E-state index >= 15 is 0 Å². The number of nitriles is 1. The number of hydrogen-bond donors (Lipinski definition) is 2. The van der Waals surface area contributed by atoms with Crippen LogP contribution in [0.15, 0.2) is 41.3 Å². The van der Waals surface area contributed by atoms with Crippen molar-refractivity contribution in [3.05, 3.63) is 59.2 Å². The van der Waals surface area contributed by atoms with Crippen LogP contribution in [0.3, 0.4) is 0 Å². The molecule has 6 nitrogen and oxygen atoms in total. The average molecular weight is 338 g/mol. The van der Waals surface area contributed by atoms with Crippen LogP contribution in [-0.2, 0) is 10.0 Å². The monoisotopic (exact) mass is 338 g/mol. The lowest BCUT2D eigenvalue weighted by molar-refractivity contribution is 0.0697. The van der Waals surface area contributed by atoms with Gasteiger partial charge in [-0.15, -0.1) is 0 Å². The second-order valence-electron chi connectivity index (χ2n) is 4.33. The Morgan fingerprint density at radius 1 is 1.17 bits per heavy atom. The number of nitrogens with zero attached hydrogens (tertiary/aromatic N) is 1. The molecule has 0 amide bonds. The number of carboxylic acid groups (broad SMARTS) is 1. The molecule has 0 unspecified atom stereocenters. The molecular formula is C14H8F2N2O4S. The van der Waals surface area contributed by atoms with E-state index in [0.717, 1.165) is 6.07 Å². The molecule has 0 radical (unpaired) electrons. The fourth-order valence-electron chi connectivity index (χ4n) is 1.80. The van der Waals surface area contributed by atoms with Gasteiger partial charge < -0.3 is 5.11 Å². The minimum Gasteiger partial charge on any atom is -0.478 e. The van der Waals surface area contributed by atoms with Gasteiger partial charge in [0.2, 0.25) is 0 Å². The standard InChI is InChI=1S/C14H8F2N2O4S/c15-10-5-9(14(19)20)12(6-11(10)16)18-23(21,22)13-4-2-1-3-8(13)7-17/h1-6,18H,(H,19,20). The van der Waals surface area contributed by atoms with E-state index in [1.54, 1.807) is 6.07 Å². The van der Waals surface area contributed by atoms with Crippen LogP contribution in [0, 0.1) is 23.0 Å². The Labute approximate surface area is 129 Å². The maximum atomic E-state index is 13.3. The molecule has 9 heteroatoms. The summed E-state index contributed by atoms with van der Waals surface area (Å²) in [7, 11) is -4.37. The fraction of sp³-hybridized carbons (Fsp3) is 0. The van der Waals surface area contributed by atoms with E-state index in [-0.39, 0.29) is 5.56 Å². The normalized spacial score (nSPS) is 10.8. The van der Waals surface area contributed by atoms with Crippen LogP contribution in [0.2, 0.25) is 0 Å². The third-order valence-electron chi connectivity index (χ3n) is 2.83. The molecule has 0 heterocycles. The van der Waals surface area contributed by atoms with Crippen molar-refractivity contribution in [3.8, 4) is 6.07 Å². The molecule has 0 aliphatic rings. The van der Waals surface area contributed by atoms with Crippen molar-refractivity contribution in [3.63, 3.8) is 0 Å². The minimum atomic E-state index is -4.37. The van der Waals surface area contributed by atoms with Crippen LogP contribution in [-0.4, -0.2) is 19.5 Å². The SMILES string of the molecule is N#Cc1ccccc1S(=O)(=O)Nc1cc(F)c(F)cc1C(=O)O. The fourth-order valence-corrected chi connectivity index (χ4v) is 3.03. The Morgan fingerprint density at radius 3 is 2.39 bits per heavy atom. The first-order valence-corrected chi connectivity index (χ1v) is 7.49. The van der Waals surface area contributed by atoms with Gasteiger partial charge in [0.25, 0.3) is 10.0 Å². The molecule has 2 N–H and O–H groups in total. The highest BCUT2D eigenvalue weighted by Gasteiger charge is 2.23. The first-order valence-electron chi connectivity index (χ1n) is 6.00. The van der Waals surface area contributed by atoms with E-state index in [0.29, 0.717) is 12.1 Å². The van der Waals surface area contributed by atoms with E-state index in [9.17, 15) is 22.0 Å². The number of rotatable bonds is 4. The number of carbonyl (C=O) groups is 1. The minimum absolute atomic E-state index is 0.181. The van der Waals surface area contributed by atoms with Gasteiger partial charge in [0.1, 0.15) is 11.0 Å². The summed E-state index contributed by atoms with van der Waals surface area (Å²) in [6, 6.07) is 7.64. The lowest BCUT2D eigenvalue weighted by Crippen LogP contribution is -2.17. The van der Waals surface area contributed by atoms with Crippen LogP contribution in [0.25, 0.3) is 0 Å². The van der Waals surface area contributed by atoms with Crippen LogP contribution < -0.4 is 4.72 Å². The smallest absolute Gasteiger partial charge is 0.337 e. The van der Waals surface area contributed by atoms with Crippen molar-refractivity contribution in [1.82, 2.24) is 0 Å². The second kappa shape index (κ2) is 6.02. The van der Waals surface area contributed by atoms with E-state index in [1.165, 1.54) is 18.2 Å². The summed E-state index contributed by atoms with van der Waals surface area (Å²) in [6.45, 7) is 0.